The summed E-state index contributed by atoms with van der Waals surface area (Å²) in [4.78, 5) is 4.24. The van der Waals surface area contributed by atoms with E-state index < -0.39 is 0 Å². The number of nitrogens with one attached hydrogen (secondary N) is 1. The van der Waals surface area contributed by atoms with Crippen molar-refractivity contribution >= 4 is 11.6 Å². The number of hydrogen-bond donors (Lipinski definition) is 1. The van der Waals surface area contributed by atoms with Crippen LogP contribution in [0.25, 0.3) is 5.70 Å². The molecule has 0 amide bonds. The van der Waals surface area contributed by atoms with Gasteiger partial charge in [-0.05, 0) is 18.6 Å². The summed E-state index contributed by atoms with van der Waals surface area (Å²) in [6, 6.07) is 8.46. The summed E-state index contributed by atoms with van der Waals surface area (Å²) in [6.07, 6.45) is 1.95. The first-order valence-corrected chi connectivity index (χ1v) is 5.94. The number of anilines is 1. The van der Waals surface area contributed by atoms with Crippen molar-refractivity contribution in [2.45, 2.75) is 6.92 Å². The fourth-order valence-corrected chi connectivity index (χ4v) is 2.09. The normalized spacial score (nSPS) is 13.6. The van der Waals surface area contributed by atoms with Crippen molar-refractivity contribution in [1.82, 2.24) is 14.8 Å². The van der Waals surface area contributed by atoms with Crippen molar-refractivity contribution in [2.24, 2.45) is 0 Å². The van der Waals surface area contributed by atoms with Crippen LogP contribution >= 0.6 is 0 Å². The van der Waals surface area contributed by atoms with Crippen LogP contribution in [-0.2, 0) is 0 Å². The van der Waals surface area contributed by atoms with Crippen LogP contribution < -0.4 is 10.1 Å². The molecular formula is C14H14N4O. The van der Waals surface area contributed by atoms with Gasteiger partial charge in [0.2, 0.25) is 5.95 Å². The highest BCUT2D eigenvalue weighted by Gasteiger charge is 2.20. The highest BCUT2D eigenvalue weighted by Crippen LogP contribution is 2.29. The van der Waals surface area contributed by atoms with E-state index in [0.717, 1.165) is 17.0 Å². The molecule has 19 heavy (non-hydrogen) atoms. The van der Waals surface area contributed by atoms with Gasteiger partial charge in [0.15, 0.2) is 0 Å². The number of benzene rings is 1. The van der Waals surface area contributed by atoms with E-state index in [9.17, 15) is 0 Å². The summed E-state index contributed by atoms with van der Waals surface area (Å²) >= 11 is 0. The van der Waals surface area contributed by atoms with Gasteiger partial charge in [-0.25, -0.2) is 0 Å². The van der Waals surface area contributed by atoms with Gasteiger partial charge < -0.3 is 10.1 Å². The molecular weight excluding hydrogens is 240 g/mol. The van der Waals surface area contributed by atoms with Crippen LogP contribution in [0, 0.1) is 6.92 Å². The van der Waals surface area contributed by atoms with Crippen LogP contribution in [-0.4, -0.2) is 21.9 Å². The van der Waals surface area contributed by atoms with Crippen molar-refractivity contribution in [1.29, 1.82) is 0 Å². The lowest BCUT2D eigenvalue weighted by atomic mass is 10.0. The Labute approximate surface area is 111 Å². The first-order valence-electron chi connectivity index (χ1n) is 5.94. The zero-order valence-corrected chi connectivity index (χ0v) is 10.8. The van der Waals surface area contributed by atoms with E-state index in [4.69, 9.17) is 4.74 Å². The van der Waals surface area contributed by atoms with Crippen LogP contribution in [0.1, 0.15) is 11.1 Å². The van der Waals surface area contributed by atoms with Crippen LogP contribution in [0.15, 0.2) is 42.6 Å². The smallest absolute Gasteiger partial charge is 0.337 e. The summed E-state index contributed by atoms with van der Waals surface area (Å²) in [7, 11) is 1.55. The van der Waals surface area contributed by atoms with Crippen molar-refractivity contribution in [3.05, 3.63) is 53.7 Å². The van der Waals surface area contributed by atoms with Crippen molar-refractivity contribution in [3.63, 3.8) is 0 Å². The quantitative estimate of drug-likeness (QED) is 0.894. The number of fused-ring (bicyclic) bond motifs is 1. The Hall–Kier alpha value is -2.56. The van der Waals surface area contributed by atoms with Gasteiger partial charge >= 0.3 is 6.01 Å². The van der Waals surface area contributed by atoms with Gasteiger partial charge in [-0.1, -0.05) is 30.8 Å². The number of rotatable bonds is 2. The van der Waals surface area contributed by atoms with Gasteiger partial charge in [0.1, 0.15) is 0 Å². The van der Waals surface area contributed by atoms with Crippen LogP contribution in [0.2, 0.25) is 0 Å². The molecule has 0 radical (unpaired) electrons. The molecule has 0 unspecified atom stereocenters. The van der Waals surface area contributed by atoms with E-state index in [1.165, 1.54) is 5.56 Å². The van der Waals surface area contributed by atoms with Gasteiger partial charge in [0.25, 0.3) is 0 Å². The van der Waals surface area contributed by atoms with E-state index in [1.54, 1.807) is 11.8 Å². The van der Waals surface area contributed by atoms with Gasteiger partial charge in [0.05, 0.1) is 12.8 Å². The molecule has 1 aliphatic rings. The lowest BCUT2D eigenvalue weighted by Crippen LogP contribution is -2.14. The molecule has 0 bridgehead atoms. The average Bonchev–Trinajstić information content (AvgIpc) is 2.81. The molecule has 0 saturated heterocycles. The molecule has 0 aliphatic carbocycles. The summed E-state index contributed by atoms with van der Waals surface area (Å²) in [5.74, 6) is 0.614. The van der Waals surface area contributed by atoms with Crippen molar-refractivity contribution < 1.29 is 4.74 Å². The predicted octanol–water partition coefficient (Wildman–Crippen LogP) is 2.42. The van der Waals surface area contributed by atoms with Gasteiger partial charge in [0, 0.05) is 11.3 Å². The fraction of sp³-hybridized carbons (Fsp3) is 0.143. The maximum atomic E-state index is 5.08. The number of hydrogen-bond acceptors (Lipinski definition) is 4. The minimum absolute atomic E-state index is 0.330. The van der Waals surface area contributed by atoms with E-state index in [1.807, 2.05) is 18.2 Å². The standard InChI is InChI=1S/C14H14N4O/c1-9-6-4-5-7-11(9)12-8-10(2)15-13-16-14(19-3)17-18(12)13/h4-8H,2H2,1,3H3,(H,15,16,17). The van der Waals surface area contributed by atoms with Crippen molar-refractivity contribution in [3.8, 4) is 6.01 Å². The van der Waals surface area contributed by atoms with Gasteiger partial charge in [-0.15, -0.1) is 5.10 Å². The van der Waals surface area contributed by atoms with E-state index in [-0.39, 0.29) is 0 Å². The van der Waals surface area contributed by atoms with Crippen LogP contribution in [0.3, 0.4) is 0 Å². The second-order valence-corrected chi connectivity index (χ2v) is 4.33. The van der Waals surface area contributed by atoms with Gasteiger partial charge in [-0.3, -0.25) is 0 Å². The molecule has 5 heteroatoms. The molecule has 96 valence electrons. The highest BCUT2D eigenvalue weighted by atomic mass is 16.5. The minimum atomic E-state index is 0.330. The predicted molar refractivity (Wildman–Crippen MR) is 73.9 cm³/mol. The van der Waals surface area contributed by atoms with Crippen LogP contribution in [0.5, 0.6) is 6.01 Å². The summed E-state index contributed by atoms with van der Waals surface area (Å²) < 4.78 is 6.81. The molecule has 3 rings (SSSR count). The number of allylic oxidation sites excluding steroid dienone is 1. The first-order chi connectivity index (χ1) is 9.19. The third-order valence-electron chi connectivity index (χ3n) is 3.00. The lowest BCUT2D eigenvalue weighted by molar-refractivity contribution is 0.380. The Balaban J connectivity index is 2.18. The molecule has 2 aromatic rings. The van der Waals surface area contributed by atoms with Crippen LogP contribution in [0.4, 0.5) is 5.95 Å². The fourth-order valence-electron chi connectivity index (χ4n) is 2.09. The van der Waals surface area contributed by atoms with Crippen molar-refractivity contribution in [2.75, 3.05) is 12.4 Å². The average molecular weight is 254 g/mol. The molecule has 1 aromatic carbocycles. The Morgan fingerprint density at radius 3 is 2.84 bits per heavy atom. The molecule has 1 N–H and O–H groups in total. The molecule has 1 aromatic heterocycles. The maximum Gasteiger partial charge on any atom is 0.337 e. The molecule has 0 saturated carbocycles. The molecule has 0 spiro atoms. The number of methoxy groups -OCH3 is 1. The molecule has 0 fully saturated rings. The Morgan fingerprint density at radius 1 is 1.32 bits per heavy atom. The van der Waals surface area contributed by atoms with Gasteiger partial charge in [-0.2, -0.15) is 9.67 Å². The molecule has 0 atom stereocenters. The molecule has 5 nitrogen and oxygen atoms in total. The summed E-state index contributed by atoms with van der Waals surface area (Å²) in [5.41, 5.74) is 3.98. The SMILES string of the molecule is C=C1C=C(c2ccccc2C)n2nc(OC)nc2N1. The lowest BCUT2D eigenvalue weighted by Gasteiger charge is -2.18. The Kier molecular flexibility index (Phi) is 2.59. The maximum absolute atomic E-state index is 5.08. The highest BCUT2D eigenvalue weighted by molar-refractivity contribution is 5.75. The Bertz CT molecular complexity index is 685. The largest absolute Gasteiger partial charge is 0.466 e. The zero-order valence-electron chi connectivity index (χ0n) is 10.8. The first kappa shape index (κ1) is 11.5. The number of nitrogens with zero attached hydrogens (tertiary/aromatic N) is 3. The minimum Gasteiger partial charge on any atom is -0.466 e. The van der Waals surface area contributed by atoms with E-state index in [2.05, 4.69) is 41.0 Å². The third kappa shape index (κ3) is 1.89. The summed E-state index contributed by atoms with van der Waals surface area (Å²) in [5, 5.41) is 7.39. The third-order valence-corrected chi connectivity index (χ3v) is 3.00. The topological polar surface area (TPSA) is 52.0 Å². The summed E-state index contributed by atoms with van der Waals surface area (Å²) in [6.45, 7) is 6.01. The number of ether oxygens (including phenoxy) is 1. The monoisotopic (exact) mass is 254 g/mol. The Morgan fingerprint density at radius 2 is 2.11 bits per heavy atom. The number of aryl methyl sites for hydroxylation is 1. The molecule has 2 heterocycles. The van der Waals surface area contributed by atoms with E-state index >= 15 is 0 Å². The second kappa shape index (κ2) is 4.28. The molecule has 1 aliphatic heterocycles. The second-order valence-electron chi connectivity index (χ2n) is 4.33. The number of aromatic nitrogens is 3. The zero-order chi connectivity index (χ0) is 13.4. The van der Waals surface area contributed by atoms with E-state index in [0.29, 0.717) is 12.0 Å².